The van der Waals surface area contributed by atoms with Crippen molar-refractivity contribution in [1.29, 1.82) is 0 Å². The van der Waals surface area contributed by atoms with E-state index >= 15 is 0 Å². The normalized spacial score (nSPS) is 9.75. The zero-order valence-electron chi connectivity index (χ0n) is 6.99. The van der Waals surface area contributed by atoms with E-state index < -0.39 is 0 Å². The van der Waals surface area contributed by atoms with E-state index in [1.54, 1.807) is 0 Å². The van der Waals surface area contributed by atoms with Gasteiger partial charge in [-0.2, -0.15) is 0 Å². The molecule has 0 amide bonds. The molecule has 0 fully saturated rings. The molecular weight excluding hydrogens is 151 g/mol. The molecule has 1 aromatic carbocycles. The smallest absolute Gasteiger partial charge is 0.281 e. The van der Waals surface area contributed by atoms with Gasteiger partial charge >= 0.3 is 0 Å². The Labute approximate surface area is 73.0 Å². The van der Waals surface area contributed by atoms with Gasteiger partial charge in [-0.25, -0.2) is 0 Å². The summed E-state index contributed by atoms with van der Waals surface area (Å²) in [5.41, 5.74) is 12.7. The van der Waals surface area contributed by atoms with Crippen molar-refractivity contribution in [3.63, 3.8) is 0 Å². The summed E-state index contributed by atoms with van der Waals surface area (Å²) >= 11 is 0. The van der Waals surface area contributed by atoms with Gasteiger partial charge in [0.25, 0.3) is 7.48 Å². The number of nitrogens with two attached hydrogens (primary N) is 2. The molecule has 0 heterocycles. The van der Waals surface area contributed by atoms with Crippen molar-refractivity contribution in [3.05, 3.63) is 29.8 Å². The SMILES string of the molecule is NCOBCc1cccc(N)c1. The van der Waals surface area contributed by atoms with Crippen molar-refractivity contribution in [2.45, 2.75) is 6.32 Å². The predicted octanol–water partition coefficient (Wildman–Crippen LogP) is 0.0531. The fourth-order valence-electron chi connectivity index (χ4n) is 1.02. The van der Waals surface area contributed by atoms with E-state index in [-0.39, 0.29) is 6.73 Å². The minimum Gasteiger partial charge on any atom is -0.427 e. The first-order chi connectivity index (χ1) is 5.83. The van der Waals surface area contributed by atoms with Crippen molar-refractivity contribution in [1.82, 2.24) is 0 Å². The van der Waals surface area contributed by atoms with E-state index in [2.05, 4.69) is 0 Å². The van der Waals surface area contributed by atoms with E-state index in [0.29, 0.717) is 7.48 Å². The highest BCUT2D eigenvalue weighted by molar-refractivity contribution is 6.26. The number of hydrogen-bond acceptors (Lipinski definition) is 3. The van der Waals surface area contributed by atoms with Gasteiger partial charge in [-0.3, -0.25) is 0 Å². The maximum atomic E-state index is 5.60. The fourth-order valence-corrected chi connectivity index (χ4v) is 1.02. The van der Waals surface area contributed by atoms with E-state index in [0.717, 1.165) is 12.0 Å². The Bertz CT molecular complexity index is 242. The Balaban J connectivity index is 2.41. The van der Waals surface area contributed by atoms with Crippen molar-refractivity contribution >= 4 is 13.2 Å². The fraction of sp³-hybridized carbons (Fsp3) is 0.250. The number of benzene rings is 1. The van der Waals surface area contributed by atoms with Crippen LogP contribution in [-0.4, -0.2) is 14.2 Å². The summed E-state index contributed by atoms with van der Waals surface area (Å²) in [6.07, 6.45) is 0.863. The molecule has 0 atom stereocenters. The Hall–Kier alpha value is -0.995. The minimum absolute atomic E-state index is 0.280. The molecule has 0 unspecified atom stereocenters. The van der Waals surface area contributed by atoms with E-state index in [4.69, 9.17) is 16.1 Å². The van der Waals surface area contributed by atoms with Crippen LogP contribution in [0.4, 0.5) is 5.69 Å². The summed E-state index contributed by atoms with van der Waals surface area (Å²) in [6, 6.07) is 7.77. The topological polar surface area (TPSA) is 61.3 Å². The lowest BCUT2D eigenvalue weighted by Gasteiger charge is -2.00. The molecule has 0 saturated heterocycles. The summed E-state index contributed by atoms with van der Waals surface area (Å²) < 4.78 is 5.01. The number of nitrogen functional groups attached to an aromatic ring is 1. The Morgan fingerprint density at radius 3 is 2.92 bits per heavy atom. The van der Waals surface area contributed by atoms with Gasteiger partial charge in [0.1, 0.15) is 0 Å². The van der Waals surface area contributed by atoms with Crippen LogP contribution in [-0.2, 0) is 11.0 Å². The van der Waals surface area contributed by atoms with Gasteiger partial charge in [0.05, 0.1) is 6.73 Å². The third kappa shape index (κ3) is 2.94. The van der Waals surface area contributed by atoms with Gasteiger partial charge in [-0.05, 0) is 18.5 Å². The molecule has 0 radical (unpaired) electrons. The lowest BCUT2D eigenvalue weighted by Crippen LogP contribution is -2.10. The van der Waals surface area contributed by atoms with E-state index in [1.807, 2.05) is 24.3 Å². The quantitative estimate of drug-likeness (QED) is 0.286. The number of anilines is 1. The van der Waals surface area contributed by atoms with E-state index in [1.165, 1.54) is 5.56 Å². The second kappa shape index (κ2) is 4.80. The average Bonchev–Trinajstić information content (AvgIpc) is 2.05. The van der Waals surface area contributed by atoms with Gasteiger partial charge in [0, 0.05) is 5.69 Å². The maximum absolute atomic E-state index is 5.60. The third-order valence-electron chi connectivity index (χ3n) is 1.60. The monoisotopic (exact) mass is 164 g/mol. The first-order valence-corrected chi connectivity index (χ1v) is 3.95. The molecule has 0 aromatic heterocycles. The largest absolute Gasteiger partial charge is 0.427 e. The summed E-state index contributed by atoms with van der Waals surface area (Å²) in [4.78, 5) is 0. The van der Waals surface area contributed by atoms with Gasteiger partial charge < -0.3 is 16.1 Å². The number of hydrogen-bond donors (Lipinski definition) is 2. The average molecular weight is 164 g/mol. The van der Waals surface area contributed by atoms with Gasteiger partial charge in [-0.1, -0.05) is 17.7 Å². The zero-order chi connectivity index (χ0) is 8.81. The van der Waals surface area contributed by atoms with Crippen LogP contribution in [0.2, 0.25) is 0 Å². The van der Waals surface area contributed by atoms with Gasteiger partial charge in [0.15, 0.2) is 0 Å². The molecule has 1 rings (SSSR count). The number of rotatable bonds is 4. The molecule has 12 heavy (non-hydrogen) atoms. The molecule has 0 spiro atoms. The Kier molecular flexibility index (Phi) is 3.64. The molecule has 4 heteroatoms. The highest BCUT2D eigenvalue weighted by Gasteiger charge is 1.94. The van der Waals surface area contributed by atoms with Crippen molar-refractivity contribution in [2.24, 2.45) is 5.73 Å². The third-order valence-corrected chi connectivity index (χ3v) is 1.60. The standard InChI is InChI=1S/C8H13BN2O/c10-6-12-9-5-7-2-1-3-8(11)4-7/h1-4,9H,5-6,10-11H2. The predicted molar refractivity (Wildman–Crippen MR) is 51.8 cm³/mol. The molecule has 4 N–H and O–H groups in total. The molecule has 0 aliphatic carbocycles. The van der Waals surface area contributed by atoms with Gasteiger partial charge in [-0.15, -0.1) is 0 Å². The van der Waals surface area contributed by atoms with Crippen LogP contribution in [0.15, 0.2) is 24.3 Å². The van der Waals surface area contributed by atoms with Crippen molar-refractivity contribution in [2.75, 3.05) is 12.5 Å². The first kappa shape index (κ1) is 9.10. The van der Waals surface area contributed by atoms with Gasteiger partial charge in [0.2, 0.25) is 0 Å². The second-order valence-electron chi connectivity index (χ2n) is 2.57. The van der Waals surface area contributed by atoms with E-state index in [9.17, 15) is 0 Å². The van der Waals surface area contributed by atoms with Crippen LogP contribution < -0.4 is 11.5 Å². The molecule has 64 valence electrons. The van der Waals surface area contributed by atoms with Crippen molar-refractivity contribution in [3.8, 4) is 0 Å². The van der Waals surface area contributed by atoms with Crippen LogP contribution in [0.3, 0.4) is 0 Å². The lowest BCUT2D eigenvalue weighted by atomic mass is 9.89. The van der Waals surface area contributed by atoms with Crippen molar-refractivity contribution < 1.29 is 4.65 Å². The Morgan fingerprint density at radius 2 is 2.25 bits per heavy atom. The van der Waals surface area contributed by atoms with Crippen LogP contribution >= 0.6 is 0 Å². The highest BCUT2D eigenvalue weighted by atomic mass is 16.4. The molecule has 3 nitrogen and oxygen atoms in total. The summed E-state index contributed by atoms with van der Waals surface area (Å²) in [5, 5.41) is 0. The highest BCUT2D eigenvalue weighted by Crippen LogP contribution is 2.06. The molecule has 0 aliphatic heterocycles. The molecule has 1 aromatic rings. The van der Waals surface area contributed by atoms with Crippen LogP contribution in [0, 0.1) is 0 Å². The molecule has 0 bridgehead atoms. The summed E-state index contributed by atoms with van der Waals surface area (Å²) in [5.74, 6) is 0. The molecule has 0 aliphatic rings. The minimum atomic E-state index is 0.280. The molecule has 0 saturated carbocycles. The first-order valence-electron chi connectivity index (χ1n) is 3.95. The lowest BCUT2D eigenvalue weighted by molar-refractivity contribution is 0.348. The van der Waals surface area contributed by atoms with Crippen LogP contribution in [0.25, 0.3) is 0 Å². The van der Waals surface area contributed by atoms with Crippen LogP contribution in [0.5, 0.6) is 0 Å². The second-order valence-corrected chi connectivity index (χ2v) is 2.57. The zero-order valence-corrected chi connectivity index (χ0v) is 6.99. The van der Waals surface area contributed by atoms with Crippen LogP contribution in [0.1, 0.15) is 5.56 Å². The molecular formula is C8H13BN2O. The Morgan fingerprint density at radius 1 is 1.42 bits per heavy atom. The maximum Gasteiger partial charge on any atom is 0.281 e. The summed E-state index contributed by atoms with van der Waals surface area (Å²) in [6.45, 7) is 0.280. The summed E-state index contributed by atoms with van der Waals surface area (Å²) in [7, 11) is 0.653.